The summed E-state index contributed by atoms with van der Waals surface area (Å²) in [6.07, 6.45) is 9.76. The average Bonchev–Trinajstić information content (AvgIpc) is 3.35. The first-order valence-corrected chi connectivity index (χ1v) is 10.2. The van der Waals surface area contributed by atoms with E-state index in [1.165, 1.54) is 5.56 Å². The second-order valence-electron chi connectivity index (χ2n) is 7.31. The lowest BCUT2D eigenvalue weighted by molar-refractivity contribution is -0.128. The van der Waals surface area contributed by atoms with Crippen LogP contribution in [0.1, 0.15) is 56.3 Å². The van der Waals surface area contributed by atoms with Crippen LogP contribution in [0, 0.1) is 0 Å². The van der Waals surface area contributed by atoms with Crippen molar-refractivity contribution >= 4 is 5.91 Å². The van der Waals surface area contributed by atoms with Gasteiger partial charge in [0.05, 0.1) is 6.04 Å². The minimum Gasteiger partial charge on any atom is -0.510 e. The van der Waals surface area contributed by atoms with Gasteiger partial charge in [-0.05, 0) is 54.2 Å². The third kappa shape index (κ3) is 5.90. The molecule has 28 heavy (non-hydrogen) atoms. The van der Waals surface area contributed by atoms with Gasteiger partial charge in [-0.15, -0.1) is 5.10 Å². The summed E-state index contributed by atoms with van der Waals surface area (Å²) in [5, 5.41) is 24.3. The van der Waals surface area contributed by atoms with Crippen LogP contribution in [-0.2, 0) is 17.6 Å². The van der Waals surface area contributed by atoms with Crippen LogP contribution in [0.15, 0.2) is 42.2 Å². The Morgan fingerprint density at radius 2 is 2.00 bits per heavy atom. The molecule has 1 unspecified atom stereocenters. The number of rotatable bonds is 11. The molecule has 1 aromatic heterocycles. The molecule has 1 aliphatic heterocycles. The van der Waals surface area contributed by atoms with E-state index in [2.05, 4.69) is 32.8 Å². The molecule has 7 nitrogen and oxygen atoms in total. The standard InChI is InChI=1S/C21H29N5O2/c27-19(12-8-11-17-9-4-3-5-10-17)18-14-15-21(28)26(18)16-7-2-1-6-13-20-22-24-25-23-20/h3-5,9-10,12,18,27H,1-2,6-8,11,13-16H2,(H,22,23,24,25)/b19-12-. The molecule has 2 aromatic rings. The second kappa shape index (κ2) is 10.6. The highest BCUT2D eigenvalue weighted by atomic mass is 16.3. The van der Waals surface area contributed by atoms with Gasteiger partial charge < -0.3 is 10.0 Å². The smallest absolute Gasteiger partial charge is 0.223 e. The maximum absolute atomic E-state index is 12.2. The van der Waals surface area contributed by atoms with E-state index in [9.17, 15) is 9.90 Å². The number of likely N-dealkylation sites (tertiary alicyclic amines) is 1. The average molecular weight is 383 g/mol. The molecule has 2 heterocycles. The fraction of sp³-hybridized carbons (Fsp3) is 0.524. The van der Waals surface area contributed by atoms with Crippen LogP contribution < -0.4 is 0 Å². The molecule has 0 saturated carbocycles. The highest BCUT2D eigenvalue weighted by molar-refractivity contribution is 5.79. The molecule has 2 N–H and O–H groups in total. The van der Waals surface area contributed by atoms with Crippen molar-refractivity contribution < 1.29 is 9.90 Å². The topological polar surface area (TPSA) is 95.0 Å². The van der Waals surface area contributed by atoms with Gasteiger partial charge in [-0.1, -0.05) is 43.2 Å². The first kappa shape index (κ1) is 20.0. The van der Waals surface area contributed by atoms with Gasteiger partial charge in [0.25, 0.3) is 0 Å². The number of hydrogen-bond donors (Lipinski definition) is 2. The summed E-state index contributed by atoms with van der Waals surface area (Å²) < 4.78 is 0. The molecule has 0 bridgehead atoms. The number of unbranched alkanes of at least 4 members (excludes halogenated alkanes) is 3. The molecule has 1 saturated heterocycles. The molecule has 150 valence electrons. The number of aliphatic hydroxyl groups excluding tert-OH is 1. The number of carbonyl (C=O) groups is 1. The SMILES string of the molecule is O=C1CCC(/C(O)=C/CCc2ccccc2)N1CCCCCCc1nnn[nH]1. The van der Waals surface area contributed by atoms with Gasteiger partial charge in [0.2, 0.25) is 5.91 Å². The van der Waals surface area contributed by atoms with Gasteiger partial charge in [0.1, 0.15) is 11.6 Å². The van der Waals surface area contributed by atoms with Crippen LogP contribution in [0.3, 0.4) is 0 Å². The number of benzene rings is 1. The maximum atomic E-state index is 12.2. The van der Waals surface area contributed by atoms with Crippen molar-refractivity contribution in [3.8, 4) is 0 Å². The molecule has 7 heteroatoms. The number of aromatic amines is 1. The molecule has 1 atom stereocenters. The second-order valence-corrected chi connectivity index (χ2v) is 7.31. The van der Waals surface area contributed by atoms with Crippen molar-refractivity contribution in [3.63, 3.8) is 0 Å². The van der Waals surface area contributed by atoms with E-state index in [1.807, 2.05) is 29.2 Å². The Morgan fingerprint density at radius 1 is 1.18 bits per heavy atom. The van der Waals surface area contributed by atoms with E-state index in [0.717, 1.165) is 50.8 Å². The lowest BCUT2D eigenvalue weighted by atomic mass is 10.1. The van der Waals surface area contributed by atoms with Gasteiger partial charge >= 0.3 is 0 Å². The van der Waals surface area contributed by atoms with E-state index in [4.69, 9.17) is 0 Å². The Balaban J connectivity index is 1.38. The molecule has 1 fully saturated rings. The number of nitrogens with zero attached hydrogens (tertiary/aromatic N) is 4. The highest BCUT2D eigenvalue weighted by Crippen LogP contribution is 2.25. The number of amides is 1. The zero-order chi connectivity index (χ0) is 19.6. The summed E-state index contributed by atoms with van der Waals surface area (Å²) in [6, 6.07) is 10.1. The lowest BCUT2D eigenvalue weighted by Crippen LogP contribution is -2.35. The molecule has 3 rings (SSSR count). The summed E-state index contributed by atoms with van der Waals surface area (Å²) in [5.41, 5.74) is 1.26. The van der Waals surface area contributed by atoms with Crippen molar-refractivity contribution in [2.24, 2.45) is 0 Å². The Labute approximate surface area is 165 Å². The van der Waals surface area contributed by atoms with E-state index < -0.39 is 0 Å². The largest absolute Gasteiger partial charge is 0.510 e. The van der Waals surface area contributed by atoms with E-state index in [1.54, 1.807) is 0 Å². The van der Waals surface area contributed by atoms with Crippen LogP contribution in [0.25, 0.3) is 0 Å². The third-order valence-electron chi connectivity index (χ3n) is 5.25. The fourth-order valence-electron chi connectivity index (χ4n) is 3.70. The van der Waals surface area contributed by atoms with Gasteiger partial charge in [-0.25, -0.2) is 5.10 Å². The van der Waals surface area contributed by atoms with Gasteiger partial charge in [0.15, 0.2) is 0 Å². The van der Waals surface area contributed by atoms with Crippen LogP contribution in [0.2, 0.25) is 0 Å². The molecule has 0 aliphatic carbocycles. The minimum absolute atomic E-state index is 0.149. The molecule has 1 aromatic carbocycles. The highest BCUT2D eigenvalue weighted by Gasteiger charge is 2.32. The van der Waals surface area contributed by atoms with Crippen molar-refractivity contribution in [1.82, 2.24) is 25.5 Å². The van der Waals surface area contributed by atoms with Crippen LogP contribution in [0.5, 0.6) is 0 Å². The fourth-order valence-corrected chi connectivity index (χ4v) is 3.70. The number of carbonyl (C=O) groups excluding carboxylic acids is 1. The van der Waals surface area contributed by atoms with Crippen molar-refractivity contribution in [1.29, 1.82) is 0 Å². The molecular weight excluding hydrogens is 354 g/mol. The van der Waals surface area contributed by atoms with Gasteiger partial charge in [-0.2, -0.15) is 0 Å². The quantitative estimate of drug-likeness (QED) is 0.458. The number of H-pyrrole nitrogens is 1. The number of hydrogen-bond acceptors (Lipinski definition) is 5. The number of tetrazole rings is 1. The first-order chi connectivity index (χ1) is 13.7. The maximum Gasteiger partial charge on any atom is 0.223 e. The Hall–Kier alpha value is -2.70. The molecule has 1 amide bonds. The van der Waals surface area contributed by atoms with Crippen LogP contribution >= 0.6 is 0 Å². The Morgan fingerprint density at radius 3 is 2.79 bits per heavy atom. The summed E-state index contributed by atoms with van der Waals surface area (Å²) >= 11 is 0. The summed E-state index contributed by atoms with van der Waals surface area (Å²) in [6.45, 7) is 0.712. The van der Waals surface area contributed by atoms with E-state index in [0.29, 0.717) is 25.1 Å². The van der Waals surface area contributed by atoms with Crippen molar-refractivity contribution in [3.05, 3.63) is 53.6 Å². The van der Waals surface area contributed by atoms with E-state index in [-0.39, 0.29) is 11.9 Å². The minimum atomic E-state index is -0.149. The molecule has 0 radical (unpaired) electrons. The molecular formula is C21H29N5O2. The number of aromatic nitrogens is 4. The van der Waals surface area contributed by atoms with Crippen molar-refractivity contribution in [2.45, 2.75) is 63.8 Å². The Bertz CT molecular complexity index is 745. The number of allylic oxidation sites excluding steroid dienone is 1. The summed E-state index contributed by atoms with van der Waals surface area (Å²) in [4.78, 5) is 14.1. The predicted octanol–water partition coefficient (Wildman–Crippen LogP) is 3.37. The van der Waals surface area contributed by atoms with Crippen molar-refractivity contribution in [2.75, 3.05) is 6.54 Å². The van der Waals surface area contributed by atoms with Crippen LogP contribution in [0.4, 0.5) is 0 Å². The Kier molecular flexibility index (Phi) is 7.58. The number of aliphatic hydroxyl groups is 1. The first-order valence-electron chi connectivity index (χ1n) is 10.2. The monoisotopic (exact) mass is 383 g/mol. The van der Waals surface area contributed by atoms with Crippen LogP contribution in [-0.4, -0.2) is 49.1 Å². The molecule has 1 aliphatic rings. The van der Waals surface area contributed by atoms with E-state index >= 15 is 0 Å². The van der Waals surface area contributed by atoms with Gasteiger partial charge in [0, 0.05) is 19.4 Å². The lowest BCUT2D eigenvalue weighted by Gasteiger charge is -2.24. The van der Waals surface area contributed by atoms with Gasteiger partial charge in [-0.3, -0.25) is 4.79 Å². The zero-order valence-corrected chi connectivity index (χ0v) is 16.3. The number of nitrogens with one attached hydrogen (secondary N) is 1. The predicted molar refractivity (Wildman–Crippen MR) is 107 cm³/mol. The third-order valence-corrected chi connectivity index (χ3v) is 5.25. The summed E-state index contributed by atoms with van der Waals surface area (Å²) in [7, 11) is 0. The summed E-state index contributed by atoms with van der Waals surface area (Å²) in [5.74, 6) is 1.32. The number of aryl methyl sites for hydroxylation is 2. The zero-order valence-electron chi connectivity index (χ0n) is 16.3. The molecule has 0 spiro atoms. The normalized spacial score (nSPS) is 17.4.